The fourth-order valence-corrected chi connectivity index (χ4v) is 1.44. The second kappa shape index (κ2) is 8.53. The molecule has 1 N–H and O–H groups in total. The van der Waals surface area contributed by atoms with Crippen LogP contribution in [0.2, 0.25) is 0 Å². The zero-order valence-corrected chi connectivity index (χ0v) is 11.2. The maximum Gasteiger partial charge on any atom is 0.323 e. The molecule has 16 heavy (non-hydrogen) atoms. The Labute approximate surface area is 99.3 Å². The van der Waals surface area contributed by atoms with Crippen molar-refractivity contribution in [1.29, 1.82) is 0 Å². The summed E-state index contributed by atoms with van der Waals surface area (Å²) in [6, 6.07) is -0.167. The van der Waals surface area contributed by atoms with E-state index in [1.165, 1.54) is 0 Å². The molecule has 0 heterocycles. The van der Waals surface area contributed by atoms with Crippen LogP contribution in [-0.4, -0.2) is 50.7 Å². The molecule has 0 aromatic rings. The van der Waals surface area contributed by atoms with E-state index in [1.807, 2.05) is 21.0 Å². The fraction of sp³-hybridized carbons (Fsp3) is 0.917. The normalized spacial score (nSPS) is 13.2. The highest BCUT2D eigenvalue weighted by Gasteiger charge is 2.19. The van der Waals surface area contributed by atoms with Crippen molar-refractivity contribution in [3.63, 3.8) is 0 Å². The molecule has 0 aliphatic carbocycles. The molecule has 0 aromatic heterocycles. The third kappa shape index (κ3) is 7.65. The summed E-state index contributed by atoms with van der Waals surface area (Å²) in [5, 5.41) is 3.25. The number of esters is 1. The second-order valence-electron chi connectivity index (χ2n) is 4.69. The van der Waals surface area contributed by atoms with E-state index in [0.29, 0.717) is 12.5 Å². The maximum absolute atomic E-state index is 11.7. The molecular formula is C12H26N2O2. The smallest absolute Gasteiger partial charge is 0.323 e. The number of ether oxygens (including phenoxy) is 1. The fourth-order valence-electron chi connectivity index (χ4n) is 1.44. The first-order chi connectivity index (χ1) is 7.47. The highest BCUT2D eigenvalue weighted by Crippen LogP contribution is 2.06. The summed E-state index contributed by atoms with van der Waals surface area (Å²) in [6.07, 6.45) is 0.826. The van der Waals surface area contributed by atoms with Gasteiger partial charge in [0.15, 0.2) is 0 Å². The van der Waals surface area contributed by atoms with Gasteiger partial charge in [-0.1, -0.05) is 13.8 Å². The SMILES string of the molecule is CCOC(=O)C(CC(C)C)NCCN(C)C. The van der Waals surface area contributed by atoms with Gasteiger partial charge in [-0.3, -0.25) is 4.79 Å². The summed E-state index contributed by atoms with van der Waals surface area (Å²) in [4.78, 5) is 13.7. The Morgan fingerprint density at radius 3 is 2.44 bits per heavy atom. The van der Waals surface area contributed by atoms with Gasteiger partial charge in [0.2, 0.25) is 0 Å². The molecule has 0 aromatic carbocycles. The molecule has 4 heteroatoms. The third-order valence-corrected chi connectivity index (χ3v) is 2.23. The van der Waals surface area contributed by atoms with Crippen LogP contribution in [0.25, 0.3) is 0 Å². The van der Waals surface area contributed by atoms with Crippen molar-refractivity contribution < 1.29 is 9.53 Å². The first-order valence-corrected chi connectivity index (χ1v) is 6.02. The number of hydrogen-bond acceptors (Lipinski definition) is 4. The predicted octanol–water partition coefficient (Wildman–Crippen LogP) is 1.12. The number of carbonyl (C=O) groups excluding carboxylic acids is 1. The molecule has 0 spiro atoms. The van der Waals surface area contributed by atoms with Crippen LogP contribution in [0.5, 0.6) is 0 Å². The van der Waals surface area contributed by atoms with E-state index in [-0.39, 0.29) is 12.0 Å². The largest absolute Gasteiger partial charge is 0.465 e. The summed E-state index contributed by atoms with van der Waals surface area (Å²) in [6.45, 7) is 8.24. The van der Waals surface area contributed by atoms with Crippen LogP contribution in [0.1, 0.15) is 27.2 Å². The molecule has 0 saturated heterocycles. The standard InChI is InChI=1S/C12H26N2O2/c1-6-16-12(15)11(9-10(2)3)13-7-8-14(4)5/h10-11,13H,6-9H2,1-5H3. The van der Waals surface area contributed by atoms with Gasteiger partial charge in [-0.15, -0.1) is 0 Å². The molecule has 0 rings (SSSR count). The van der Waals surface area contributed by atoms with Crippen molar-refractivity contribution in [2.45, 2.75) is 33.2 Å². The molecule has 1 unspecified atom stereocenters. The predicted molar refractivity (Wildman–Crippen MR) is 66.4 cm³/mol. The van der Waals surface area contributed by atoms with E-state index >= 15 is 0 Å². The van der Waals surface area contributed by atoms with Crippen LogP contribution in [0, 0.1) is 5.92 Å². The van der Waals surface area contributed by atoms with Crippen molar-refractivity contribution in [3.05, 3.63) is 0 Å². The highest BCUT2D eigenvalue weighted by molar-refractivity contribution is 5.75. The van der Waals surface area contributed by atoms with Gasteiger partial charge in [0.1, 0.15) is 6.04 Å². The van der Waals surface area contributed by atoms with Gasteiger partial charge in [0, 0.05) is 13.1 Å². The average Bonchev–Trinajstić information content (AvgIpc) is 2.15. The van der Waals surface area contributed by atoms with Crippen molar-refractivity contribution in [3.8, 4) is 0 Å². The van der Waals surface area contributed by atoms with Crippen LogP contribution < -0.4 is 5.32 Å². The van der Waals surface area contributed by atoms with E-state index in [4.69, 9.17) is 4.74 Å². The Morgan fingerprint density at radius 1 is 1.38 bits per heavy atom. The highest BCUT2D eigenvalue weighted by atomic mass is 16.5. The number of hydrogen-bond donors (Lipinski definition) is 1. The average molecular weight is 230 g/mol. The van der Waals surface area contributed by atoms with Gasteiger partial charge >= 0.3 is 5.97 Å². The van der Waals surface area contributed by atoms with Crippen molar-refractivity contribution in [2.75, 3.05) is 33.8 Å². The summed E-state index contributed by atoms with van der Waals surface area (Å²) in [5.41, 5.74) is 0. The summed E-state index contributed by atoms with van der Waals surface area (Å²) in [7, 11) is 4.03. The first-order valence-electron chi connectivity index (χ1n) is 6.02. The van der Waals surface area contributed by atoms with Gasteiger partial charge in [-0.05, 0) is 33.4 Å². The quantitative estimate of drug-likeness (QED) is 0.634. The Hall–Kier alpha value is -0.610. The van der Waals surface area contributed by atoms with Crippen LogP contribution in [0.15, 0.2) is 0 Å². The van der Waals surface area contributed by atoms with Crippen molar-refractivity contribution in [2.24, 2.45) is 5.92 Å². The summed E-state index contributed by atoms with van der Waals surface area (Å²) in [5.74, 6) is 0.358. The molecule has 4 nitrogen and oxygen atoms in total. The monoisotopic (exact) mass is 230 g/mol. The zero-order valence-electron chi connectivity index (χ0n) is 11.2. The molecular weight excluding hydrogens is 204 g/mol. The Bertz CT molecular complexity index is 193. The molecule has 0 bridgehead atoms. The number of carbonyl (C=O) groups is 1. The maximum atomic E-state index is 11.7. The van der Waals surface area contributed by atoms with Crippen molar-refractivity contribution >= 4 is 5.97 Å². The molecule has 0 saturated carbocycles. The van der Waals surface area contributed by atoms with Crippen LogP contribution in [-0.2, 0) is 9.53 Å². The number of rotatable bonds is 8. The van der Waals surface area contributed by atoms with Gasteiger partial charge in [0.25, 0.3) is 0 Å². The molecule has 0 aliphatic rings. The lowest BCUT2D eigenvalue weighted by Gasteiger charge is -2.20. The lowest BCUT2D eigenvalue weighted by atomic mass is 10.0. The molecule has 0 aliphatic heterocycles. The van der Waals surface area contributed by atoms with Crippen molar-refractivity contribution in [1.82, 2.24) is 10.2 Å². The second-order valence-corrected chi connectivity index (χ2v) is 4.69. The molecule has 0 radical (unpaired) electrons. The topological polar surface area (TPSA) is 41.6 Å². The van der Waals surface area contributed by atoms with E-state index in [0.717, 1.165) is 19.5 Å². The minimum Gasteiger partial charge on any atom is -0.465 e. The van der Waals surface area contributed by atoms with E-state index in [2.05, 4.69) is 24.1 Å². The van der Waals surface area contributed by atoms with Crippen LogP contribution in [0.3, 0.4) is 0 Å². The van der Waals surface area contributed by atoms with Gasteiger partial charge < -0.3 is 15.0 Å². The minimum absolute atomic E-state index is 0.130. The Morgan fingerprint density at radius 2 is 2.00 bits per heavy atom. The lowest BCUT2D eigenvalue weighted by molar-refractivity contribution is -0.146. The molecule has 0 fully saturated rings. The zero-order chi connectivity index (χ0) is 12.6. The molecule has 1 atom stereocenters. The molecule has 96 valence electrons. The third-order valence-electron chi connectivity index (χ3n) is 2.23. The first kappa shape index (κ1) is 15.4. The van der Waals surface area contributed by atoms with Gasteiger partial charge in [-0.2, -0.15) is 0 Å². The minimum atomic E-state index is -0.167. The number of nitrogens with one attached hydrogen (secondary N) is 1. The van der Waals surface area contributed by atoms with Crippen LogP contribution in [0.4, 0.5) is 0 Å². The number of likely N-dealkylation sites (N-methyl/N-ethyl adjacent to an activating group) is 1. The number of nitrogens with zero attached hydrogens (tertiary/aromatic N) is 1. The van der Waals surface area contributed by atoms with E-state index in [9.17, 15) is 4.79 Å². The Kier molecular flexibility index (Phi) is 8.21. The van der Waals surface area contributed by atoms with E-state index < -0.39 is 0 Å². The van der Waals surface area contributed by atoms with E-state index in [1.54, 1.807) is 0 Å². The molecule has 0 amide bonds. The Balaban J connectivity index is 4.04. The van der Waals surface area contributed by atoms with Gasteiger partial charge in [-0.25, -0.2) is 0 Å². The van der Waals surface area contributed by atoms with Crippen LogP contribution >= 0.6 is 0 Å². The lowest BCUT2D eigenvalue weighted by Crippen LogP contribution is -2.42. The summed E-state index contributed by atoms with van der Waals surface area (Å²) >= 11 is 0. The van der Waals surface area contributed by atoms with Gasteiger partial charge in [0.05, 0.1) is 6.61 Å². The summed E-state index contributed by atoms with van der Waals surface area (Å²) < 4.78 is 5.05.